The van der Waals surface area contributed by atoms with E-state index in [9.17, 15) is 9.59 Å². The monoisotopic (exact) mass is 367 g/mol. The summed E-state index contributed by atoms with van der Waals surface area (Å²) in [7, 11) is 1.65. The first kappa shape index (κ1) is 18.9. The number of hydrogen-bond donors (Lipinski definition) is 1. The molecular formula is C21H25N3O3. The Morgan fingerprint density at radius 1 is 1.22 bits per heavy atom. The van der Waals surface area contributed by atoms with Crippen LogP contribution in [-0.2, 0) is 11.2 Å². The van der Waals surface area contributed by atoms with Gasteiger partial charge in [-0.1, -0.05) is 25.1 Å². The van der Waals surface area contributed by atoms with Gasteiger partial charge < -0.3 is 15.4 Å². The molecule has 0 spiro atoms. The van der Waals surface area contributed by atoms with Crippen LogP contribution in [0.3, 0.4) is 0 Å². The molecular weight excluding hydrogens is 342 g/mol. The second-order valence-corrected chi connectivity index (χ2v) is 7.29. The SMILES string of the molecule is COc1ccccc1Cc1cncc(C(=O)N2CCC(C)(C(N)=O)CC2)c1. The third-order valence-corrected chi connectivity index (χ3v) is 5.38. The maximum Gasteiger partial charge on any atom is 0.255 e. The molecule has 2 aromatic rings. The van der Waals surface area contributed by atoms with Gasteiger partial charge in [-0.3, -0.25) is 14.6 Å². The van der Waals surface area contributed by atoms with Gasteiger partial charge in [-0.2, -0.15) is 0 Å². The number of para-hydroxylation sites is 1. The van der Waals surface area contributed by atoms with E-state index in [2.05, 4.69) is 4.98 Å². The fourth-order valence-electron chi connectivity index (χ4n) is 3.40. The molecule has 6 heteroatoms. The number of nitrogens with two attached hydrogens (primary N) is 1. The van der Waals surface area contributed by atoms with Crippen LogP contribution in [-0.4, -0.2) is 41.9 Å². The van der Waals surface area contributed by atoms with Crippen LogP contribution in [0.25, 0.3) is 0 Å². The van der Waals surface area contributed by atoms with Gasteiger partial charge in [0.25, 0.3) is 5.91 Å². The molecule has 142 valence electrons. The Bertz CT molecular complexity index is 842. The first-order valence-corrected chi connectivity index (χ1v) is 9.08. The first-order chi connectivity index (χ1) is 12.9. The van der Waals surface area contributed by atoms with Crippen molar-refractivity contribution in [2.24, 2.45) is 11.1 Å². The highest BCUT2D eigenvalue weighted by molar-refractivity contribution is 5.94. The summed E-state index contributed by atoms with van der Waals surface area (Å²) in [6.45, 7) is 2.91. The van der Waals surface area contributed by atoms with Gasteiger partial charge in [-0.15, -0.1) is 0 Å². The molecule has 3 rings (SSSR count). The van der Waals surface area contributed by atoms with E-state index in [0.29, 0.717) is 37.9 Å². The van der Waals surface area contributed by atoms with E-state index in [4.69, 9.17) is 10.5 Å². The van der Waals surface area contributed by atoms with Crippen molar-refractivity contribution < 1.29 is 14.3 Å². The van der Waals surface area contributed by atoms with Crippen LogP contribution in [0.4, 0.5) is 0 Å². The van der Waals surface area contributed by atoms with Gasteiger partial charge in [0.1, 0.15) is 5.75 Å². The third kappa shape index (κ3) is 4.10. The quantitative estimate of drug-likeness (QED) is 0.879. The molecule has 2 N–H and O–H groups in total. The minimum Gasteiger partial charge on any atom is -0.496 e. The van der Waals surface area contributed by atoms with E-state index in [1.807, 2.05) is 37.3 Å². The molecule has 6 nitrogen and oxygen atoms in total. The molecule has 1 aromatic heterocycles. The molecule has 1 aromatic carbocycles. The molecule has 1 saturated heterocycles. The number of nitrogens with zero attached hydrogens (tertiary/aromatic N) is 2. The van der Waals surface area contributed by atoms with E-state index in [1.54, 1.807) is 24.4 Å². The highest BCUT2D eigenvalue weighted by Gasteiger charge is 2.36. The zero-order valence-corrected chi connectivity index (χ0v) is 15.8. The Kier molecular flexibility index (Phi) is 5.44. The number of benzene rings is 1. The standard InChI is InChI=1S/C21H25N3O3/c1-21(20(22)26)7-9-24(10-8-21)19(25)17-12-15(13-23-14-17)11-16-5-3-4-6-18(16)27-2/h3-6,12-14H,7-11H2,1-2H3,(H2,22,26). The lowest BCUT2D eigenvalue weighted by atomic mass is 9.79. The fraction of sp³-hybridized carbons (Fsp3) is 0.381. The summed E-state index contributed by atoms with van der Waals surface area (Å²) in [6.07, 6.45) is 5.17. The number of pyridine rings is 1. The number of likely N-dealkylation sites (tertiary alicyclic amines) is 1. The van der Waals surface area contributed by atoms with Crippen LogP contribution >= 0.6 is 0 Å². The number of carbonyl (C=O) groups excluding carboxylic acids is 2. The Balaban J connectivity index is 1.72. The summed E-state index contributed by atoms with van der Waals surface area (Å²) >= 11 is 0. The molecule has 1 aliphatic rings. The molecule has 0 aliphatic carbocycles. The molecule has 1 aliphatic heterocycles. The molecule has 0 unspecified atom stereocenters. The number of ether oxygens (including phenoxy) is 1. The molecule has 0 bridgehead atoms. The minimum atomic E-state index is -0.527. The fourth-order valence-corrected chi connectivity index (χ4v) is 3.40. The lowest BCUT2D eigenvalue weighted by molar-refractivity contribution is -0.129. The lowest BCUT2D eigenvalue weighted by Crippen LogP contribution is -2.47. The second kappa shape index (κ2) is 7.78. The Morgan fingerprint density at radius 3 is 2.59 bits per heavy atom. The predicted octanol–water partition coefficient (Wildman–Crippen LogP) is 2.41. The smallest absolute Gasteiger partial charge is 0.255 e. The van der Waals surface area contributed by atoms with Crippen molar-refractivity contribution in [3.63, 3.8) is 0 Å². The number of aromatic nitrogens is 1. The van der Waals surface area contributed by atoms with Crippen LogP contribution < -0.4 is 10.5 Å². The van der Waals surface area contributed by atoms with Gasteiger partial charge in [-0.25, -0.2) is 0 Å². The summed E-state index contributed by atoms with van der Waals surface area (Å²) in [5, 5.41) is 0. The topological polar surface area (TPSA) is 85.5 Å². The van der Waals surface area contributed by atoms with Gasteiger partial charge in [0.2, 0.25) is 5.91 Å². The Hall–Kier alpha value is -2.89. The minimum absolute atomic E-state index is 0.0594. The van der Waals surface area contributed by atoms with Gasteiger partial charge in [0, 0.05) is 37.3 Å². The van der Waals surface area contributed by atoms with Crippen LogP contribution in [0.2, 0.25) is 0 Å². The van der Waals surface area contributed by atoms with E-state index < -0.39 is 5.41 Å². The van der Waals surface area contributed by atoms with Crippen LogP contribution in [0.1, 0.15) is 41.3 Å². The van der Waals surface area contributed by atoms with E-state index in [1.165, 1.54) is 0 Å². The number of carbonyl (C=O) groups is 2. The Labute approximate surface area is 159 Å². The zero-order valence-electron chi connectivity index (χ0n) is 15.8. The highest BCUT2D eigenvalue weighted by Crippen LogP contribution is 2.31. The van der Waals surface area contributed by atoms with Crippen molar-refractivity contribution in [1.82, 2.24) is 9.88 Å². The Morgan fingerprint density at radius 2 is 1.93 bits per heavy atom. The molecule has 0 saturated carbocycles. The largest absolute Gasteiger partial charge is 0.496 e. The number of methoxy groups -OCH3 is 1. The average Bonchev–Trinajstić information content (AvgIpc) is 2.68. The van der Waals surface area contributed by atoms with Crippen molar-refractivity contribution in [2.45, 2.75) is 26.2 Å². The average molecular weight is 367 g/mol. The van der Waals surface area contributed by atoms with E-state index >= 15 is 0 Å². The van der Waals surface area contributed by atoms with Crippen molar-refractivity contribution in [3.8, 4) is 5.75 Å². The maximum absolute atomic E-state index is 12.9. The van der Waals surface area contributed by atoms with Gasteiger partial charge in [0.15, 0.2) is 0 Å². The number of piperidine rings is 1. The number of primary amides is 1. The van der Waals surface area contributed by atoms with Gasteiger partial charge >= 0.3 is 0 Å². The summed E-state index contributed by atoms with van der Waals surface area (Å²) in [5.74, 6) is 0.460. The van der Waals surface area contributed by atoms with E-state index in [-0.39, 0.29) is 11.8 Å². The molecule has 27 heavy (non-hydrogen) atoms. The summed E-state index contributed by atoms with van der Waals surface area (Å²) in [5.41, 5.74) is 7.51. The number of amides is 2. The highest BCUT2D eigenvalue weighted by atomic mass is 16.5. The predicted molar refractivity (Wildman–Crippen MR) is 102 cm³/mol. The van der Waals surface area contributed by atoms with Crippen LogP contribution in [0.5, 0.6) is 5.75 Å². The summed E-state index contributed by atoms with van der Waals surface area (Å²) in [4.78, 5) is 30.5. The van der Waals surface area contributed by atoms with Crippen molar-refractivity contribution in [2.75, 3.05) is 20.2 Å². The van der Waals surface area contributed by atoms with Crippen molar-refractivity contribution >= 4 is 11.8 Å². The normalized spacial score (nSPS) is 16.0. The molecule has 1 fully saturated rings. The summed E-state index contributed by atoms with van der Waals surface area (Å²) in [6, 6.07) is 9.69. The molecule has 0 radical (unpaired) electrons. The summed E-state index contributed by atoms with van der Waals surface area (Å²) < 4.78 is 5.40. The van der Waals surface area contributed by atoms with Crippen molar-refractivity contribution in [3.05, 3.63) is 59.4 Å². The maximum atomic E-state index is 12.9. The van der Waals surface area contributed by atoms with Crippen LogP contribution in [0, 0.1) is 5.41 Å². The molecule has 0 atom stereocenters. The molecule has 2 heterocycles. The third-order valence-electron chi connectivity index (χ3n) is 5.38. The number of rotatable bonds is 5. The van der Waals surface area contributed by atoms with Gasteiger partial charge in [0.05, 0.1) is 12.7 Å². The van der Waals surface area contributed by atoms with Crippen LogP contribution in [0.15, 0.2) is 42.7 Å². The number of hydrogen-bond acceptors (Lipinski definition) is 4. The lowest BCUT2D eigenvalue weighted by Gasteiger charge is -2.37. The molecule has 2 amide bonds. The zero-order chi connectivity index (χ0) is 19.4. The van der Waals surface area contributed by atoms with Crippen molar-refractivity contribution in [1.29, 1.82) is 0 Å². The first-order valence-electron chi connectivity index (χ1n) is 9.08. The second-order valence-electron chi connectivity index (χ2n) is 7.29. The van der Waals surface area contributed by atoms with Gasteiger partial charge in [-0.05, 0) is 36.1 Å². The van der Waals surface area contributed by atoms with E-state index in [0.717, 1.165) is 16.9 Å².